The molecule has 1 aromatic heterocycles. The van der Waals surface area contributed by atoms with E-state index in [-0.39, 0.29) is 36.9 Å². The van der Waals surface area contributed by atoms with Gasteiger partial charge in [0.25, 0.3) is 0 Å². The number of nitrogens with one attached hydrogen (secondary N) is 1. The molecule has 128 valence electrons. The van der Waals surface area contributed by atoms with Crippen LogP contribution >= 0.6 is 11.3 Å². The van der Waals surface area contributed by atoms with Gasteiger partial charge in [-0.15, -0.1) is 11.3 Å². The van der Waals surface area contributed by atoms with E-state index in [9.17, 15) is 14.4 Å². The third kappa shape index (κ3) is 6.77. The van der Waals surface area contributed by atoms with Crippen molar-refractivity contribution in [3.63, 3.8) is 0 Å². The standard InChI is InChI=1S/C15H23N3O4S/c1-3-7-18(8-4-2)14(20)6-5-12(19)16-9-13-17-11(10-23-13)15(21)22/h10H,3-9H2,1-2H3,(H,16,19)(H,21,22). The molecular weight excluding hydrogens is 318 g/mol. The van der Waals surface area contributed by atoms with Crippen molar-refractivity contribution in [1.29, 1.82) is 0 Å². The molecule has 7 nitrogen and oxygen atoms in total. The zero-order chi connectivity index (χ0) is 17.2. The van der Waals surface area contributed by atoms with Crippen LogP contribution in [-0.2, 0) is 16.1 Å². The molecule has 0 spiro atoms. The van der Waals surface area contributed by atoms with Gasteiger partial charge in [-0.2, -0.15) is 0 Å². The molecule has 0 aromatic carbocycles. The van der Waals surface area contributed by atoms with Crippen molar-refractivity contribution in [3.05, 3.63) is 16.1 Å². The summed E-state index contributed by atoms with van der Waals surface area (Å²) in [5, 5.41) is 13.4. The number of amides is 2. The zero-order valence-electron chi connectivity index (χ0n) is 13.5. The van der Waals surface area contributed by atoms with Gasteiger partial charge in [-0.05, 0) is 12.8 Å². The van der Waals surface area contributed by atoms with Crippen LogP contribution in [0.1, 0.15) is 55.0 Å². The Bertz CT molecular complexity index is 539. The van der Waals surface area contributed by atoms with E-state index in [2.05, 4.69) is 10.3 Å². The van der Waals surface area contributed by atoms with Crippen LogP contribution in [0.3, 0.4) is 0 Å². The lowest BCUT2D eigenvalue weighted by atomic mass is 10.2. The summed E-state index contributed by atoms with van der Waals surface area (Å²) in [7, 11) is 0. The first-order valence-electron chi connectivity index (χ1n) is 7.70. The normalized spacial score (nSPS) is 10.3. The highest BCUT2D eigenvalue weighted by molar-refractivity contribution is 7.09. The lowest BCUT2D eigenvalue weighted by molar-refractivity contribution is -0.133. The molecular formula is C15H23N3O4S. The van der Waals surface area contributed by atoms with Crippen LogP contribution in [-0.4, -0.2) is 45.9 Å². The van der Waals surface area contributed by atoms with Gasteiger partial charge in [-0.3, -0.25) is 9.59 Å². The monoisotopic (exact) mass is 341 g/mol. The van der Waals surface area contributed by atoms with E-state index in [4.69, 9.17) is 5.11 Å². The molecule has 0 atom stereocenters. The number of aromatic carboxylic acids is 1. The van der Waals surface area contributed by atoms with Gasteiger partial charge >= 0.3 is 5.97 Å². The Labute approximate surface area is 139 Å². The number of rotatable bonds is 10. The van der Waals surface area contributed by atoms with Gasteiger partial charge in [-0.1, -0.05) is 13.8 Å². The Kier molecular flexibility index (Phi) is 8.25. The summed E-state index contributed by atoms with van der Waals surface area (Å²) < 4.78 is 0. The molecule has 1 aromatic rings. The number of hydrogen-bond acceptors (Lipinski definition) is 5. The van der Waals surface area contributed by atoms with Crippen LogP contribution in [0.5, 0.6) is 0 Å². The molecule has 2 N–H and O–H groups in total. The SMILES string of the molecule is CCCN(CCC)C(=O)CCC(=O)NCc1nc(C(=O)O)cs1. The van der Waals surface area contributed by atoms with Gasteiger partial charge in [0.1, 0.15) is 5.01 Å². The molecule has 0 saturated heterocycles. The second kappa shape index (κ2) is 9.94. The lowest BCUT2D eigenvalue weighted by Gasteiger charge is -2.21. The van der Waals surface area contributed by atoms with Gasteiger partial charge in [0, 0.05) is 31.3 Å². The fourth-order valence-electron chi connectivity index (χ4n) is 2.03. The molecule has 1 rings (SSSR count). The van der Waals surface area contributed by atoms with Gasteiger partial charge in [0.15, 0.2) is 5.69 Å². The smallest absolute Gasteiger partial charge is 0.355 e. The fraction of sp³-hybridized carbons (Fsp3) is 0.600. The average molecular weight is 341 g/mol. The van der Waals surface area contributed by atoms with Gasteiger partial charge < -0.3 is 15.3 Å². The highest BCUT2D eigenvalue weighted by Crippen LogP contribution is 2.09. The van der Waals surface area contributed by atoms with E-state index in [0.29, 0.717) is 18.1 Å². The van der Waals surface area contributed by atoms with E-state index < -0.39 is 5.97 Å². The quantitative estimate of drug-likeness (QED) is 0.677. The van der Waals surface area contributed by atoms with Crippen molar-refractivity contribution in [1.82, 2.24) is 15.2 Å². The summed E-state index contributed by atoms with van der Waals surface area (Å²) in [5.41, 5.74) is -0.0239. The summed E-state index contributed by atoms with van der Waals surface area (Å²) in [6, 6.07) is 0. The van der Waals surface area contributed by atoms with Crippen molar-refractivity contribution >= 4 is 29.1 Å². The second-order valence-corrected chi connectivity index (χ2v) is 6.03. The summed E-state index contributed by atoms with van der Waals surface area (Å²) in [6.07, 6.45) is 2.10. The van der Waals surface area contributed by atoms with Crippen molar-refractivity contribution in [2.45, 2.75) is 46.1 Å². The van der Waals surface area contributed by atoms with Gasteiger partial charge in [0.05, 0.1) is 6.54 Å². The third-order valence-corrected chi connectivity index (χ3v) is 3.96. The molecule has 0 aliphatic rings. The summed E-state index contributed by atoms with van der Waals surface area (Å²) >= 11 is 1.18. The molecule has 0 radical (unpaired) electrons. The van der Waals surface area contributed by atoms with Crippen LogP contribution < -0.4 is 5.32 Å². The highest BCUT2D eigenvalue weighted by atomic mass is 32.1. The first kappa shape index (κ1) is 19.1. The number of nitrogens with zero attached hydrogens (tertiary/aromatic N) is 2. The van der Waals surface area contributed by atoms with Gasteiger partial charge in [-0.25, -0.2) is 9.78 Å². The molecule has 0 aliphatic carbocycles. The number of aromatic nitrogens is 1. The molecule has 0 fully saturated rings. The molecule has 0 saturated carbocycles. The summed E-state index contributed by atoms with van der Waals surface area (Å²) in [5.74, 6) is -1.33. The Hall–Kier alpha value is -1.96. The Morgan fingerprint density at radius 2 is 1.87 bits per heavy atom. The third-order valence-electron chi connectivity index (χ3n) is 3.11. The van der Waals surface area contributed by atoms with E-state index in [1.165, 1.54) is 16.7 Å². The van der Waals surface area contributed by atoms with E-state index in [0.717, 1.165) is 12.8 Å². The Morgan fingerprint density at radius 3 is 2.39 bits per heavy atom. The molecule has 0 aliphatic heterocycles. The number of carbonyl (C=O) groups excluding carboxylic acids is 2. The van der Waals surface area contributed by atoms with Crippen molar-refractivity contribution in [2.75, 3.05) is 13.1 Å². The first-order valence-corrected chi connectivity index (χ1v) is 8.58. The summed E-state index contributed by atoms with van der Waals surface area (Å²) in [4.78, 5) is 40.2. The number of hydrogen-bond donors (Lipinski definition) is 2. The van der Waals surface area contributed by atoms with Crippen LogP contribution in [0.15, 0.2) is 5.38 Å². The number of carboxylic acids is 1. The van der Waals surface area contributed by atoms with E-state index in [1.54, 1.807) is 4.90 Å². The maximum atomic E-state index is 12.1. The fourth-order valence-corrected chi connectivity index (χ4v) is 2.74. The van der Waals surface area contributed by atoms with Crippen LogP contribution in [0.25, 0.3) is 0 Å². The van der Waals surface area contributed by atoms with Gasteiger partial charge in [0.2, 0.25) is 11.8 Å². The second-order valence-electron chi connectivity index (χ2n) is 5.09. The molecule has 0 bridgehead atoms. The minimum absolute atomic E-state index is 0.00809. The van der Waals surface area contributed by atoms with Crippen LogP contribution in [0, 0.1) is 0 Å². The van der Waals surface area contributed by atoms with Crippen molar-refractivity contribution in [2.24, 2.45) is 0 Å². The Balaban J connectivity index is 2.35. The van der Waals surface area contributed by atoms with E-state index >= 15 is 0 Å². The molecule has 23 heavy (non-hydrogen) atoms. The Morgan fingerprint density at radius 1 is 1.22 bits per heavy atom. The topological polar surface area (TPSA) is 99.6 Å². The first-order chi connectivity index (χ1) is 11.0. The molecule has 8 heteroatoms. The minimum atomic E-state index is -1.09. The van der Waals surface area contributed by atoms with Crippen molar-refractivity contribution < 1.29 is 19.5 Å². The maximum Gasteiger partial charge on any atom is 0.355 e. The molecule has 2 amide bonds. The average Bonchev–Trinajstić information content (AvgIpc) is 2.99. The lowest BCUT2D eigenvalue weighted by Crippen LogP contribution is -2.33. The number of thiazole rings is 1. The van der Waals surface area contributed by atoms with Crippen LogP contribution in [0.2, 0.25) is 0 Å². The zero-order valence-corrected chi connectivity index (χ0v) is 14.3. The predicted molar refractivity (Wildman–Crippen MR) is 87.3 cm³/mol. The number of carbonyl (C=O) groups is 3. The number of carboxylic acid groups (broad SMARTS) is 1. The van der Waals surface area contributed by atoms with Crippen LogP contribution in [0.4, 0.5) is 0 Å². The largest absolute Gasteiger partial charge is 0.476 e. The summed E-state index contributed by atoms with van der Waals surface area (Å²) in [6.45, 7) is 5.64. The molecule has 0 unspecified atom stereocenters. The highest BCUT2D eigenvalue weighted by Gasteiger charge is 2.14. The van der Waals surface area contributed by atoms with Crippen molar-refractivity contribution in [3.8, 4) is 0 Å². The minimum Gasteiger partial charge on any atom is -0.476 e. The van der Waals surface area contributed by atoms with E-state index in [1.807, 2.05) is 13.8 Å². The molecule has 1 heterocycles. The predicted octanol–water partition coefficient (Wildman–Crippen LogP) is 1.89. The maximum absolute atomic E-state index is 12.1.